The highest BCUT2D eigenvalue weighted by Gasteiger charge is 2.28. The molecule has 1 amide bonds. The first-order valence-electron chi connectivity index (χ1n) is 10.4. The van der Waals surface area contributed by atoms with E-state index in [1.807, 2.05) is 58.4 Å². The summed E-state index contributed by atoms with van der Waals surface area (Å²) in [6.45, 7) is 1.48. The van der Waals surface area contributed by atoms with Gasteiger partial charge in [-0.1, -0.05) is 30.3 Å². The number of aromatic nitrogens is 7. The first-order chi connectivity index (χ1) is 15.8. The SMILES string of the molecule is O=C(Nc1c(-c2ccccc2)nc2sccn12)C1CCN(c2ccc3nnnn3n2)CC1. The fraction of sp³-hybridized carbons (Fsp3) is 0.238. The van der Waals surface area contributed by atoms with Crippen molar-refractivity contribution in [2.24, 2.45) is 5.92 Å². The number of fused-ring (bicyclic) bond motifs is 2. The molecule has 0 spiro atoms. The predicted octanol–water partition coefficient (Wildman–Crippen LogP) is 2.75. The minimum absolute atomic E-state index is 0.0266. The van der Waals surface area contributed by atoms with E-state index in [0.717, 1.165) is 53.8 Å². The van der Waals surface area contributed by atoms with Crippen molar-refractivity contribution in [3.05, 3.63) is 54.0 Å². The number of hydrogen-bond donors (Lipinski definition) is 1. The van der Waals surface area contributed by atoms with Crippen molar-refractivity contribution in [3.63, 3.8) is 0 Å². The average Bonchev–Trinajstić information content (AvgIpc) is 3.56. The Labute approximate surface area is 186 Å². The molecule has 32 heavy (non-hydrogen) atoms. The van der Waals surface area contributed by atoms with Gasteiger partial charge in [0.2, 0.25) is 5.91 Å². The van der Waals surface area contributed by atoms with Gasteiger partial charge in [0.05, 0.1) is 0 Å². The topological polar surface area (TPSA) is 106 Å². The van der Waals surface area contributed by atoms with Crippen LogP contribution >= 0.6 is 11.3 Å². The second-order valence-electron chi connectivity index (χ2n) is 7.70. The van der Waals surface area contributed by atoms with Crippen LogP contribution < -0.4 is 10.2 Å². The Hall–Kier alpha value is -3.86. The minimum atomic E-state index is -0.0733. The molecule has 5 heterocycles. The largest absolute Gasteiger partial charge is 0.355 e. The van der Waals surface area contributed by atoms with Crippen molar-refractivity contribution in [1.29, 1.82) is 0 Å². The van der Waals surface area contributed by atoms with Crippen molar-refractivity contribution >= 4 is 39.5 Å². The first kappa shape index (κ1) is 18.9. The monoisotopic (exact) mass is 445 g/mol. The van der Waals surface area contributed by atoms with Gasteiger partial charge in [-0.15, -0.1) is 26.2 Å². The zero-order chi connectivity index (χ0) is 21.5. The number of benzene rings is 1. The van der Waals surface area contributed by atoms with Crippen LogP contribution in [0, 0.1) is 5.92 Å². The first-order valence-corrected chi connectivity index (χ1v) is 11.3. The van der Waals surface area contributed by atoms with Crippen molar-refractivity contribution in [2.75, 3.05) is 23.3 Å². The van der Waals surface area contributed by atoms with Crippen molar-refractivity contribution < 1.29 is 4.79 Å². The number of hydrogen-bond acceptors (Lipinski definition) is 8. The minimum Gasteiger partial charge on any atom is -0.355 e. The number of piperidine rings is 1. The predicted molar refractivity (Wildman–Crippen MR) is 121 cm³/mol. The third kappa shape index (κ3) is 3.26. The molecule has 4 aromatic heterocycles. The Morgan fingerprint density at radius 3 is 2.78 bits per heavy atom. The number of anilines is 2. The third-order valence-corrected chi connectivity index (χ3v) is 6.55. The fourth-order valence-electron chi connectivity index (χ4n) is 4.10. The number of rotatable bonds is 4. The molecule has 0 unspecified atom stereocenters. The van der Waals surface area contributed by atoms with E-state index in [-0.39, 0.29) is 11.8 Å². The number of thiazole rings is 1. The van der Waals surface area contributed by atoms with Gasteiger partial charge in [0.25, 0.3) is 0 Å². The number of nitrogens with one attached hydrogen (secondary N) is 1. The Morgan fingerprint density at radius 2 is 1.94 bits per heavy atom. The molecule has 0 atom stereocenters. The summed E-state index contributed by atoms with van der Waals surface area (Å²) < 4.78 is 3.37. The molecule has 1 aliphatic rings. The lowest BCUT2D eigenvalue weighted by Gasteiger charge is -2.31. The number of carbonyl (C=O) groups excluding carboxylic acids is 1. The third-order valence-electron chi connectivity index (χ3n) is 5.80. The van der Waals surface area contributed by atoms with E-state index < -0.39 is 0 Å². The van der Waals surface area contributed by atoms with Gasteiger partial charge in [0.1, 0.15) is 11.5 Å². The van der Waals surface area contributed by atoms with E-state index in [4.69, 9.17) is 4.98 Å². The summed E-state index contributed by atoms with van der Waals surface area (Å²) in [5.74, 6) is 1.49. The molecular formula is C21H19N9OS. The van der Waals surface area contributed by atoms with E-state index in [0.29, 0.717) is 5.65 Å². The quantitative estimate of drug-likeness (QED) is 0.453. The molecule has 1 aliphatic heterocycles. The van der Waals surface area contributed by atoms with Gasteiger partial charge in [-0.05, 0) is 35.4 Å². The van der Waals surface area contributed by atoms with E-state index >= 15 is 0 Å². The molecule has 11 heteroatoms. The van der Waals surface area contributed by atoms with Crippen LogP contribution in [0.1, 0.15) is 12.8 Å². The summed E-state index contributed by atoms with van der Waals surface area (Å²) in [5.41, 5.74) is 2.39. The lowest BCUT2D eigenvalue weighted by molar-refractivity contribution is -0.120. The Balaban J connectivity index is 1.19. The molecule has 1 N–H and O–H groups in total. The maximum Gasteiger partial charge on any atom is 0.228 e. The summed E-state index contributed by atoms with van der Waals surface area (Å²) in [4.78, 5) is 21.0. The second kappa shape index (κ2) is 7.68. The Kier molecular flexibility index (Phi) is 4.53. The number of nitrogens with zero attached hydrogens (tertiary/aromatic N) is 8. The molecule has 10 nitrogen and oxygen atoms in total. The van der Waals surface area contributed by atoms with Gasteiger partial charge < -0.3 is 10.2 Å². The van der Waals surface area contributed by atoms with Crippen LogP contribution in [-0.2, 0) is 4.79 Å². The van der Waals surface area contributed by atoms with Gasteiger partial charge >= 0.3 is 0 Å². The average molecular weight is 446 g/mol. The lowest BCUT2D eigenvalue weighted by atomic mass is 9.96. The van der Waals surface area contributed by atoms with Gasteiger partial charge in [0.15, 0.2) is 16.4 Å². The highest BCUT2D eigenvalue weighted by atomic mass is 32.1. The maximum absolute atomic E-state index is 13.2. The van der Waals surface area contributed by atoms with E-state index in [1.165, 1.54) is 4.63 Å². The zero-order valence-electron chi connectivity index (χ0n) is 17.0. The van der Waals surface area contributed by atoms with Crippen LogP contribution in [0.2, 0.25) is 0 Å². The number of tetrazole rings is 1. The number of imidazole rings is 1. The van der Waals surface area contributed by atoms with Crippen LogP contribution in [0.5, 0.6) is 0 Å². The molecule has 1 aromatic carbocycles. The van der Waals surface area contributed by atoms with Gasteiger partial charge in [-0.25, -0.2) is 4.98 Å². The molecule has 1 saturated heterocycles. The highest BCUT2D eigenvalue weighted by molar-refractivity contribution is 7.15. The fourth-order valence-corrected chi connectivity index (χ4v) is 4.81. The molecule has 1 fully saturated rings. The smallest absolute Gasteiger partial charge is 0.228 e. The van der Waals surface area contributed by atoms with E-state index in [2.05, 4.69) is 30.8 Å². The maximum atomic E-state index is 13.2. The summed E-state index contributed by atoms with van der Waals surface area (Å²) in [7, 11) is 0. The summed E-state index contributed by atoms with van der Waals surface area (Å²) >= 11 is 1.55. The van der Waals surface area contributed by atoms with E-state index in [1.54, 1.807) is 11.3 Å². The zero-order valence-corrected chi connectivity index (χ0v) is 17.8. The lowest BCUT2D eigenvalue weighted by Crippen LogP contribution is -2.39. The van der Waals surface area contributed by atoms with Crippen LogP contribution in [0.4, 0.5) is 11.6 Å². The molecule has 0 aliphatic carbocycles. The summed E-state index contributed by atoms with van der Waals surface area (Å²) in [6, 6.07) is 13.7. The summed E-state index contributed by atoms with van der Waals surface area (Å²) in [5, 5.41) is 21.0. The van der Waals surface area contributed by atoms with E-state index in [9.17, 15) is 4.79 Å². The molecular weight excluding hydrogens is 426 g/mol. The number of amides is 1. The Morgan fingerprint density at radius 1 is 1.09 bits per heavy atom. The van der Waals surface area contributed by atoms with Gasteiger partial charge in [-0.2, -0.15) is 0 Å². The van der Waals surface area contributed by atoms with Crippen molar-refractivity contribution in [2.45, 2.75) is 12.8 Å². The molecule has 160 valence electrons. The second-order valence-corrected chi connectivity index (χ2v) is 8.57. The molecule has 5 aromatic rings. The van der Waals surface area contributed by atoms with Crippen molar-refractivity contribution in [3.8, 4) is 11.3 Å². The van der Waals surface area contributed by atoms with Crippen molar-refractivity contribution in [1.82, 2.24) is 34.6 Å². The molecule has 0 bridgehead atoms. The number of carbonyl (C=O) groups is 1. The van der Waals surface area contributed by atoms with Gasteiger partial charge in [0, 0.05) is 36.1 Å². The summed E-state index contributed by atoms with van der Waals surface area (Å²) in [6.07, 6.45) is 3.43. The van der Waals surface area contributed by atoms with Crippen LogP contribution in [0.3, 0.4) is 0 Å². The Bertz CT molecular complexity index is 1400. The molecule has 0 radical (unpaired) electrons. The molecule has 0 saturated carbocycles. The standard InChI is InChI=1S/C21H19N9OS/c31-20(15-8-10-28(11-9-15)17-7-6-16-24-26-27-30(16)25-17)23-19-18(14-4-2-1-3-5-14)22-21-29(19)12-13-32-21/h1-7,12-13,15H,8-11H2,(H,23,31). The molecule has 6 rings (SSSR count). The van der Waals surface area contributed by atoms with Crippen LogP contribution in [-0.4, -0.2) is 53.6 Å². The van der Waals surface area contributed by atoms with Gasteiger partial charge in [-0.3, -0.25) is 9.20 Å². The highest BCUT2D eigenvalue weighted by Crippen LogP contribution is 2.32. The van der Waals surface area contributed by atoms with Crippen LogP contribution in [0.15, 0.2) is 54.0 Å². The van der Waals surface area contributed by atoms with Crippen LogP contribution in [0.25, 0.3) is 21.9 Å². The normalized spacial score (nSPS) is 14.9.